The van der Waals surface area contributed by atoms with Gasteiger partial charge < -0.3 is 10.2 Å². The third-order valence-corrected chi connectivity index (χ3v) is 4.92. The summed E-state index contributed by atoms with van der Waals surface area (Å²) in [6.07, 6.45) is 4.10. The highest BCUT2D eigenvalue weighted by Crippen LogP contribution is 2.26. The highest BCUT2D eigenvalue weighted by molar-refractivity contribution is 5.25. The summed E-state index contributed by atoms with van der Waals surface area (Å²) in [4.78, 5) is 2.69. The van der Waals surface area contributed by atoms with Crippen LogP contribution < -0.4 is 5.32 Å². The summed E-state index contributed by atoms with van der Waals surface area (Å²) >= 11 is 0. The van der Waals surface area contributed by atoms with Crippen molar-refractivity contribution in [2.75, 3.05) is 32.7 Å². The van der Waals surface area contributed by atoms with E-state index in [0.717, 1.165) is 25.6 Å². The molecule has 2 nitrogen and oxygen atoms in total. The molecule has 1 saturated heterocycles. The number of benzene rings is 1. The van der Waals surface area contributed by atoms with Gasteiger partial charge in [-0.05, 0) is 50.4 Å². The van der Waals surface area contributed by atoms with Crippen LogP contribution in [0, 0.1) is 5.92 Å². The minimum Gasteiger partial charge on any atom is -0.316 e. The normalized spacial score (nSPS) is 23.5. The van der Waals surface area contributed by atoms with Crippen LogP contribution in [0.2, 0.25) is 0 Å². The van der Waals surface area contributed by atoms with Crippen LogP contribution in [0.15, 0.2) is 30.3 Å². The summed E-state index contributed by atoms with van der Waals surface area (Å²) in [6.45, 7) is 12.8. The topological polar surface area (TPSA) is 15.3 Å². The van der Waals surface area contributed by atoms with E-state index < -0.39 is 0 Å². The van der Waals surface area contributed by atoms with Gasteiger partial charge in [0.05, 0.1) is 0 Å². The van der Waals surface area contributed by atoms with Gasteiger partial charge in [0.15, 0.2) is 0 Å². The second kappa shape index (κ2) is 7.95. The van der Waals surface area contributed by atoms with E-state index in [-0.39, 0.29) is 5.41 Å². The molecule has 2 atom stereocenters. The molecule has 0 radical (unpaired) electrons. The van der Waals surface area contributed by atoms with Gasteiger partial charge in [-0.15, -0.1) is 0 Å². The van der Waals surface area contributed by atoms with Gasteiger partial charge in [0.2, 0.25) is 0 Å². The molecule has 118 valence electrons. The molecule has 1 aromatic carbocycles. The summed E-state index contributed by atoms with van der Waals surface area (Å²) in [5.41, 5.74) is 1.66. The van der Waals surface area contributed by atoms with Crippen molar-refractivity contribution in [3.05, 3.63) is 35.9 Å². The van der Waals surface area contributed by atoms with Gasteiger partial charge in [0.25, 0.3) is 0 Å². The van der Waals surface area contributed by atoms with Crippen molar-refractivity contribution in [2.24, 2.45) is 5.92 Å². The Labute approximate surface area is 130 Å². The van der Waals surface area contributed by atoms with Crippen molar-refractivity contribution < 1.29 is 0 Å². The van der Waals surface area contributed by atoms with E-state index in [9.17, 15) is 0 Å². The van der Waals surface area contributed by atoms with Gasteiger partial charge in [-0.25, -0.2) is 0 Å². The molecule has 2 unspecified atom stereocenters. The molecule has 2 rings (SSSR count). The summed E-state index contributed by atoms with van der Waals surface area (Å²) < 4.78 is 0. The fraction of sp³-hybridized carbons (Fsp3) is 0.684. The lowest BCUT2D eigenvalue weighted by Gasteiger charge is -2.36. The summed E-state index contributed by atoms with van der Waals surface area (Å²) in [6, 6.07) is 11.0. The first kappa shape index (κ1) is 16.5. The zero-order chi connectivity index (χ0) is 15.1. The number of rotatable bonds is 6. The highest BCUT2D eigenvalue weighted by atomic mass is 15.1. The fourth-order valence-corrected chi connectivity index (χ4v) is 3.46. The van der Waals surface area contributed by atoms with Crippen LogP contribution >= 0.6 is 0 Å². The average molecular weight is 288 g/mol. The van der Waals surface area contributed by atoms with Crippen molar-refractivity contribution in [1.82, 2.24) is 10.2 Å². The van der Waals surface area contributed by atoms with E-state index in [1.165, 1.54) is 37.9 Å². The zero-order valence-electron chi connectivity index (χ0n) is 14.1. The molecule has 1 heterocycles. The number of hydrogen-bond acceptors (Lipinski definition) is 2. The molecular weight excluding hydrogens is 256 g/mol. The molecule has 1 aliphatic heterocycles. The number of likely N-dealkylation sites (tertiary alicyclic amines) is 1. The third-order valence-electron chi connectivity index (χ3n) is 4.92. The number of nitrogens with one attached hydrogen (secondary N) is 1. The Kier molecular flexibility index (Phi) is 6.25. The van der Waals surface area contributed by atoms with E-state index in [4.69, 9.17) is 0 Å². The Morgan fingerprint density at radius 2 is 1.95 bits per heavy atom. The Bertz CT molecular complexity index is 403. The van der Waals surface area contributed by atoms with Crippen LogP contribution in [-0.2, 0) is 5.41 Å². The lowest BCUT2D eigenvalue weighted by molar-refractivity contribution is 0.216. The zero-order valence-corrected chi connectivity index (χ0v) is 14.1. The highest BCUT2D eigenvalue weighted by Gasteiger charge is 2.29. The second-order valence-electron chi connectivity index (χ2n) is 7.02. The fourth-order valence-electron chi connectivity index (χ4n) is 3.46. The first-order valence-electron chi connectivity index (χ1n) is 8.62. The largest absolute Gasteiger partial charge is 0.316 e. The smallest absolute Gasteiger partial charge is 0.0177 e. The predicted molar refractivity (Wildman–Crippen MR) is 91.8 cm³/mol. The number of nitrogens with zero attached hydrogens (tertiary/aromatic N) is 1. The Hall–Kier alpha value is -0.860. The van der Waals surface area contributed by atoms with Crippen molar-refractivity contribution >= 4 is 0 Å². The van der Waals surface area contributed by atoms with Crippen LogP contribution in [0.1, 0.15) is 45.6 Å². The Balaban J connectivity index is 2.08. The molecule has 21 heavy (non-hydrogen) atoms. The monoisotopic (exact) mass is 288 g/mol. The minimum absolute atomic E-state index is 0.199. The maximum Gasteiger partial charge on any atom is 0.0177 e. The van der Waals surface area contributed by atoms with Crippen molar-refractivity contribution in [3.63, 3.8) is 0 Å². The van der Waals surface area contributed by atoms with E-state index in [0.29, 0.717) is 0 Å². The summed E-state index contributed by atoms with van der Waals surface area (Å²) in [5, 5.41) is 3.57. The van der Waals surface area contributed by atoms with E-state index in [1.54, 1.807) is 0 Å². The molecule has 2 heteroatoms. The van der Waals surface area contributed by atoms with Gasteiger partial charge in [0, 0.05) is 18.5 Å². The SMILES string of the molecule is CCNCC(C)(CN1CCCC(C)CC1)c1ccccc1. The Morgan fingerprint density at radius 3 is 2.67 bits per heavy atom. The quantitative estimate of drug-likeness (QED) is 0.859. The maximum absolute atomic E-state index is 3.57. The Morgan fingerprint density at radius 1 is 1.19 bits per heavy atom. The molecule has 0 aliphatic carbocycles. The molecule has 1 fully saturated rings. The van der Waals surface area contributed by atoms with E-state index >= 15 is 0 Å². The first-order chi connectivity index (χ1) is 10.1. The molecule has 0 spiro atoms. The lowest BCUT2D eigenvalue weighted by Crippen LogP contribution is -2.45. The second-order valence-corrected chi connectivity index (χ2v) is 7.02. The maximum atomic E-state index is 3.57. The van der Waals surface area contributed by atoms with Gasteiger partial charge in [-0.2, -0.15) is 0 Å². The van der Waals surface area contributed by atoms with Crippen LogP contribution in [-0.4, -0.2) is 37.6 Å². The molecule has 1 aliphatic rings. The van der Waals surface area contributed by atoms with E-state index in [2.05, 4.69) is 61.3 Å². The molecule has 0 aromatic heterocycles. The minimum atomic E-state index is 0.199. The van der Waals surface area contributed by atoms with Gasteiger partial charge in [0.1, 0.15) is 0 Å². The van der Waals surface area contributed by atoms with Gasteiger partial charge in [-0.3, -0.25) is 0 Å². The predicted octanol–water partition coefficient (Wildman–Crippen LogP) is 3.68. The molecule has 1 aromatic rings. The number of likely N-dealkylation sites (N-methyl/N-ethyl adjacent to an activating group) is 1. The molecule has 0 bridgehead atoms. The summed E-state index contributed by atoms with van der Waals surface area (Å²) in [5.74, 6) is 0.895. The number of hydrogen-bond donors (Lipinski definition) is 1. The first-order valence-corrected chi connectivity index (χ1v) is 8.62. The van der Waals surface area contributed by atoms with Crippen LogP contribution in [0.5, 0.6) is 0 Å². The third kappa shape index (κ3) is 4.82. The molecule has 1 N–H and O–H groups in total. The van der Waals surface area contributed by atoms with Crippen LogP contribution in [0.25, 0.3) is 0 Å². The van der Waals surface area contributed by atoms with Crippen molar-refractivity contribution in [2.45, 2.75) is 45.4 Å². The molecular formula is C19H32N2. The lowest BCUT2D eigenvalue weighted by atomic mass is 9.81. The molecule has 0 saturated carbocycles. The van der Waals surface area contributed by atoms with E-state index in [1.807, 2.05) is 0 Å². The van der Waals surface area contributed by atoms with Crippen LogP contribution in [0.4, 0.5) is 0 Å². The van der Waals surface area contributed by atoms with Gasteiger partial charge in [-0.1, -0.05) is 51.1 Å². The van der Waals surface area contributed by atoms with Crippen molar-refractivity contribution in [1.29, 1.82) is 0 Å². The standard InChI is InChI=1S/C19H32N2/c1-4-20-15-19(3,18-10-6-5-7-11-18)16-21-13-8-9-17(2)12-14-21/h5-7,10-11,17,20H,4,8-9,12-16H2,1-3H3. The van der Waals surface area contributed by atoms with Crippen LogP contribution in [0.3, 0.4) is 0 Å². The van der Waals surface area contributed by atoms with Crippen molar-refractivity contribution in [3.8, 4) is 0 Å². The summed E-state index contributed by atoms with van der Waals surface area (Å²) in [7, 11) is 0. The average Bonchev–Trinajstić information content (AvgIpc) is 2.71. The van der Waals surface area contributed by atoms with Gasteiger partial charge >= 0.3 is 0 Å². The molecule has 0 amide bonds.